The number of aliphatic hydroxyl groups excluding tert-OH is 1. The first-order valence-corrected chi connectivity index (χ1v) is 10.3. The van der Waals surface area contributed by atoms with Crippen molar-refractivity contribution in [3.05, 3.63) is 29.3 Å². The van der Waals surface area contributed by atoms with Crippen molar-refractivity contribution < 1.29 is 29.0 Å². The zero-order valence-electron chi connectivity index (χ0n) is 18.0. The molecule has 2 fully saturated rings. The number of aliphatic hydroxyl groups is 1. The Balaban J connectivity index is 1.80. The summed E-state index contributed by atoms with van der Waals surface area (Å²) in [5.41, 5.74) is 1.13. The number of hydrogen-bond donors (Lipinski definition) is 1. The Bertz CT molecular complexity index is 825. The molecule has 0 aliphatic carbocycles. The Morgan fingerprint density at radius 2 is 1.87 bits per heavy atom. The van der Waals surface area contributed by atoms with E-state index in [4.69, 9.17) is 9.47 Å². The molecule has 2 amide bonds. The van der Waals surface area contributed by atoms with Crippen LogP contribution in [0, 0.1) is 6.92 Å². The lowest BCUT2D eigenvalue weighted by molar-refractivity contribution is -0.177. The molecule has 8 nitrogen and oxygen atoms in total. The van der Waals surface area contributed by atoms with Crippen molar-refractivity contribution in [3.8, 4) is 0 Å². The molecule has 0 saturated carbocycles. The number of ether oxygens (including phenoxy) is 2. The lowest BCUT2D eigenvalue weighted by Crippen LogP contribution is -2.55. The number of carbonyl (C=O) groups excluding carboxylic acids is 3. The average Bonchev–Trinajstić information content (AvgIpc) is 3.21. The molecule has 164 valence electrons. The number of rotatable bonds is 4. The van der Waals surface area contributed by atoms with E-state index in [1.165, 1.54) is 4.90 Å². The maximum absolute atomic E-state index is 13.0. The third-order valence-electron chi connectivity index (χ3n) is 5.21. The van der Waals surface area contributed by atoms with Gasteiger partial charge < -0.3 is 24.4 Å². The minimum Gasteiger partial charge on any atom is -0.458 e. The molecule has 0 spiro atoms. The second-order valence-electron chi connectivity index (χ2n) is 8.76. The molecule has 1 aromatic carbocycles. The summed E-state index contributed by atoms with van der Waals surface area (Å²) >= 11 is 0. The molecule has 2 aliphatic heterocycles. The maximum Gasteiger partial charge on any atom is 0.338 e. The molecule has 0 radical (unpaired) electrons. The van der Waals surface area contributed by atoms with Crippen molar-refractivity contribution in [1.29, 1.82) is 0 Å². The van der Waals surface area contributed by atoms with Gasteiger partial charge in [-0.1, -0.05) is 6.07 Å². The molecular formula is C22H30N2O6. The largest absolute Gasteiger partial charge is 0.458 e. The number of amides is 2. The fourth-order valence-corrected chi connectivity index (χ4v) is 3.67. The van der Waals surface area contributed by atoms with Crippen molar-refractivity contribution in [1.82, 2.24) is 4.90 Å². The number of nitrogens with zero attached hydrogens (tertiary/aromatic N) is 2. The molecule has 1 aromatic rings. The molecule has 30 heavy (non-hydrogen) atoms. The Hall–Kier alpha value is -2.45. The van der Waals surface area contributed by atoms with Gasteiger partial charge in [-0.2, -0.15) is 0 Å². The molecular weight excluding hydrogens is 388 g/mol. The standard InChI is InChI=1S/C22H30N2O6/c1-14-7-8-15(13-16(14)19(26)23-9-5-6-10-23)24-11-12-29-18(20(24)27)17(25)21(28)30-22(2,3)4/h7-8,13,17-18,25H,5-6,9-12H2,1-4H3. The van der Waals surface area contributed by atoms with Gasteiger partial charge in [-0.25, -0.2) is 4.79 Å². The number of likely N-dealkylation sites (tertiary alicyclic amines) is 1. The van der Waals surface area contributed by atoms with Gasteiger partial charge in [-0.05, 0) is 58.2 Å². The SMILES string of the molecule is Cc1ccc(N2CCOC(C(O)C(=O)OC(C)(C)C)C2=O)cc1C(=O)N1CCCC1. The molecule has 2 aliphatic rings. The number of hydrogen-bond acceptors (Lipinski definition) is 6. The van der Waals surface area contributed by atoms with E-state index in [-0.39, 0.29) is 19.1 Å². The van der Waals surface area contributed by atoms with Gasteiger partial charge in [0.05, 0.1) is 6.61 Å². The van der Waals surface area contributed by atoms with E-state index in [9.17, 15) is 19.5 Å². The van der Waals surface area contributed by atoms with E-state index in [0.29, 0.717) is 11.3 Å². The van der Waals surface area contributed by atoms with Gasteiger partial charge in [-0.15, -0.1) is 0 Å². The summed E-state index contributed by atoms with van der Waals surface area (Å²) in [6, 6.07) is 5.27. The van der Waals surface area contributed by atoms with E-state index in [0.717, 1.165) is 31.5 Å². The highest BCUT2D eigenvalue weighted by Crippen LogP contribution is 2.26. The van der Waals surface area contributed by atoms with Crippen LogP contribution in [0.15, 0.2) is 18.2 Å². The Morgan fingerprint density at radius 3 is 2.50 bits per heavy atom. The minimum atomic E-state index is -1.73. The smallest absolute Gasteiger partial charge is 0.338 e. The molecule has 1 N–H and O–H groups in total. The van der Waals surface area contributed by atoms with Crippen LogP contribution >= 0.6 is 0 Å². The predicted molar refractivity (Wildman–Crippen MR) is 110 cm³/mol. The average molecular weight is 418 g/mol. The normalized spacial score (nSPS) is 21.0. The van der Waals surface area contributed by atoms with Crippen molar-refractivity contribution in [2.24, 2.45) is 0 Å². The second kappa shape index (κ2) is 8.73. The van der Waals surface area contributed by atoms with Crippen LogP contribution < -0.4 is 4.90 Å². The molecule has 2 atom stereocenters. The monoisotopic (exact) mass is 418 g/mol. The Morgan fingerprint density at radius 1 is 1.20 bits per heavy atom. The second-order valence-corrected chi connectivity index (χ2v) is 8.76. The highest BCUT2D eigenvalue weighted by atomic mass is 16.6. The highest BCUT2D eigenvalue weighted by Gasteiger charge is 2.41. The van der Waals surface area contributed by atoms with Crippen LogP contribution in [-0.2, 0) is 19.1 Å². The summed E-state index contributed by atoms with van der Waals surface area (Å²) in [6.45, 7) is 8.79. The van der Waals surface area contributed by atoms with Crippen LogP contribution in [-0.4, -0.2) is 71.8 Å². The lowest BCUT2D eigenvalue weighted by Gasteiger charge is -2.34. The fourth-order valence-electron chi connectivity index (χ4n) is 3.67. The van der Waals surface area contributed by atoms with E-state index >= 15 is 0 Å². The van der Waals surface area contributed by atoms with Gasteiger partial charge in [0.15, 0.2) is 12.2 Å². The number of benzene rings is 1. The number of esters is 1. The molecule has 8 heteroatoms. The summed E-state index contributed by atoms with van der Waals surface area (Å²) in [5, 5.41) is 10.4. The van der Waals surface area contributed by atoms with E-state index in [2.05, 4.69) is 0 Å². The molecule has 0 aromatic heterocycles. The summed E-state index contributed by atoms with van der Waals surface area (Å²) in [7, 11) is 0. The molecule has 2 heterocycles. The fraction of sp³-hybridized carbons (Fsp3) is 0.591. The third kappa shape index (κ3) is 4.82. The van der Waals surface area contributed by atoms with Gasteiger partial charge in [0.1, 0.15) is 5.60 Å². The Labute approximate surface area is 176 Å². The van der Waals surface area contributed by atoms with Gasteiger partial charge >= 0.3 is 5.97 Å². The van der Waals surface area contributed by atoms with Gasteiger partial charge in [0.25, 0.3) is 11.8 Å². The summed E-state index contributed by atoms with van der Waals surface area (Å²) < 4.78 is 10.6. The van der Waals surface area contributed by atoms with Crippen LogP contribution in [0.4, 0.5) is 5.69 Å². The maximum atomic E-state index is 13.0. The zero-order chi connectivity index (χ0) is 22.1. The topological polar surface area (TPSA) is 96.4 Å². The first kappa shape index (κ1) is 22.2. The van der Waals surface area contributed by atoms with E-state index in [1.807, 2.05) is 11.8 Å². The van der Waals surface area contributed by atoms with Crippen molar-refractivity contribution in [2.75, 3.05) is 31.1 Å². The first-order chi connectivity index (χ1) is 14.1. The van der Waals surface area contributed by atoms with Crippen LogP contribution in [0.3, 0.4) is 0 Å². The number of carbonyl (C=O) groups is 3. The van der Waals surface area contributed by atoms with Crippen LogP contribution in [0.1, 0.15) is 49.5 Å². The quantitative estimate of drug-likeness (QED) is 0.747. The third-order valence-corrected chi connectivity index (χ3v) is 5.21. The number of aryl methyl sites for hydroxylation is 1. The Kier molecular flexibility index (Phi) is 6.47. The van der Waals surface area contributed by atoms with Crippen molar-refractivity contribution >= 4 is 23.5 Å². The van der Waals surface area contributed by atoms with Gasteiger partial charge in [0, 0.05) is 30.9 Å². The number of morpholine rings is 1. The molecule has 0 bridgehead atoms. The van der Waals surface area contributed by atoms with Gasteiger partial charge in [0.2, 0.25) is 0 Å². The van der Waals surface area contributed by atoms with Crippen LogP contribution in [0.5, 0.6) is 0 Å². The van der Waals surface area contributed by atoms with Crippen LogP contribution in [0.25, 0.3) is 0 Å². The van der Waals surface area contributed by atoms with E-state index in [1.54, 1.807) is 39.0 Å². The summed E-state index contributed by atoms with van der Waals surface area (Å²) in [4.78, 5) is 41.3. The predicted octanol–water partition coefficient (Wildman–Crippen LogP) is 1.67. The molecule has 2 saturated heterocycles. The van der Waals surface area contributed by atoms with Gasteiger partial charge in [-0.3, -0.25) is 9.59 Å². The molecule has 2 unspecified atom stereocenters. The summed E-state index contributed by atoms with van der Waals surface area (Å²) in [6.07, 6.45) is -1.09. The van der Waals surface area contributed by atoms with Crippen molar-refractivity contribution in [3.63, 3.8) is 0 Å². The molecule has 3 rings (SSSR count). The number of anilines is 1. The van der Waals surface area contributed by atoms with Crippen molar-refractivity contribution in [2.45, 2.75) is 58.3 Å². The first-order valence-electron chi connectivity index (χ1n) is 10.3. The lowest BCUT2D eigenvalue weighted by atomic mass is 10.0. The zero-order valence-corrected chi connectivity index (χ0v) is 18.0. The highest BCUT2D eigenvalue weighted by molar-refractivity contribution is 6.02. The van der Waals surface area contributed by atoms with Crippen LogP contribution in [0.2, 0.25) is 0 Å². The summed E-state index contributed by atoms with van der Waals surface area (Å²) in [5.74, 6) is -1.49. The van der Waals surface area contributed by atoms with E-state index < -0.39 is 29.7 Å². The minimum absolute atomic E-state index is 0.0436.